The van der Waals surface area contributed by atoms with Crippen LogP contribution in [-0.4, -0.2) is 31.1 Å². The Morgan fingerprint density at radius 3 is 2.24 bits per heavy atom. The van der Waals surface area contributed by atoms with Crippen LogP contribution in [0.2, 0.25) is 0 Å². The van der Waals surface area contributed by atoms with Gasteiger partial charge in [0.2, 0.25) is 0 Å². The Balaban J connectivity index is 1.71. The second kappa shape index (κ2) is 11.7. The molecule has 25 heavy (non-hydrogen) atoms. The number of rotatable bonds is 12. The Morgan fingerprint density at radius 2 is 1.48 bits per heavy atom. The van der Waals surface area contributed by atoms with E-state index in [0.29, 0.717) is 0 Å². The largest absolute Gasteiger partial charge is 0.493 e. The van der Waals surface area contributed by atoms with E-state index in [4.69, 9.17) is 4.74 Å². The van der Waals surface area contributed by atoms with Crippen molar-refractivity contribution in [1.29, 1.82) is 0 Å². The van der Waals surface area contributed by atoms with Gasteiger partial charge in [-0.3, -0.25) is 0 Å². The van der Waals surface area contributed by atoms with Crippen LogP contribution in [0, 0.1) is 0 Å². The summed E-state index contributed by atoms with van der Waals surface area (Å²) >= 11 is 0. The van der Waals surface area contributed by atoms with E-state index in [9.17, 15) is 0 Å². The van der Waals surface area contributed by atoms with Crippen molar-refractivity contribution in [3.8, 4) is 5.75 Å². The minimum atomic E-state index is 0.820. The molecule has 0 saturated heterocycles. The van der Waals surface area contributed by atoms with Crippen molar-refractivity contribution in [3.63, 3.8) is 0 Å². The van der Waals surface area contributed by atoms with Crippen LogP contribution in [0.1, 0.15) is 44.2 Å². The lowest BCUT2D eigenvalue weighted by atomic mass is 10.0. The van der Waals surface area contributed by atoms with Gasteiger partial charge in [-0.05, 0) is 68.9 Å². The van der Waals surface area contributed by atoms with Gasteiger partial charge >= 0.3 is 0 Å². The Labute approximate surface area is 153 Å². The van der Waals surface area contributed by atoms with Crippen molar-refractivity contribution < 1.29 is 4.74 Å². The van der Waals surface area contributed by atoms with E-state index in [1.165, 1.54) is 30.5 Å². The summed E-state index contributed by atoms with van der Waals surface area (Å²) in [6.45, 7) is 8.81. The maximum atomic E-state index is 6.07. The molecule has 2 nitrogen and oxygen atoms in total. The fourth-order valence-corrected chi connectivity index (χ4v) is 3.11. The summed E-state index contributed by atoms with van der Waals surface area (Å²) in [7, 11) is 0. The number of unbranched alkanes of at least 4 members (excludes halogenated alkanes) is 2. The zero-order valence-electron chi connectivity index (χ0n) is 15.9. The van der Waals surface area contributed by atoms with Gasteiger partial charge in [-0.2, -0.15) is 0 Å². The fourth-order valence-electron chi connectivity index (χ4n) is 3.11. The van der Waals surface area contributed by atoms with Crippen LogP contribution in [0.15, 0.2) is 54.6 Å². The average molecular weight is 340 g/mol. The maximum absolute atomic E-state index is 6.07. The van der Waals surface area contributed by atoms with Crippen LogP contribution in [0.5, 0.6) is 5.75 Å². The molecule has 0 aliphatic carbocycles. The number of aryl methyl sites for hydroxylation is 2. The second-order valence-corrected chi connectivity index (χ2v) is 6.53. The third-order valence-electron chi connectivity index (χ3n) is 4.77. The normalized spacial score (nSPS) is 11.0. The van der Waals surface area contributed by atoms with Gasteiger partial charge in [0, 0.05) is 0 Å². The highest BCUT2D eigenvalue weighted by Crippen LogP contribution is 2.20. The third-order valence-corrected chi connectivity index (χ3v) is 4.77. The van der Waals surface area contributed by atoms with Gasteiger partial charge in [-0.25, -0.2) is 0 Å². The third kappa shape index (κ3) is 7.31. The molecule has 2 heteroatoms. The van der Waals surface area contributed by atoms with Crippen LogP contribution in [-0.2, 0) is 12.8 Å². The molecule has 0 fully saturated rings. The second-order valence-electron chi connectivity index (χ2n) is 6.53. The van der Waals surface area contributed by atoms with Crippen LogP contribution < -0.4 is 4.74 Å². The lowest BCUT2D eigenvalue weighted by molar-refractivity contribution is 0.276. The zero-order valence-corrected chi connectivity index (χ0v) is 15.9. The molecular formula is C23H33NO. The summed E-state index contributed by atoms with van der Waals surface area (Å²) in [5.41, 5.74) is 2.70. The summed E-state index contributed by atoms with van der Waals surface area (Å²) in [6.07, 6.45) is 5.73. The van der Waals surface area contributed by atoms with E-state index in [0.717, 1.165) is 44.7 Å². The van der Waals surface area contributed by atoms with Crippen molar-refractivity contribution in [1.82, 2.24) is 4.90 Å². The predicted octanol–water partition coefficient (Wildman–Crippen LogP) is 5.36. The number of ether oxygens (including phenoxy) is 1. The van der Waals surface area contributed by atoms with Gasteiger partial charge in [-0.15, -0.1) is 0 Å². The molecule has 0 unspecified atom stereocenters. The number of nitrogens with zero attached hydrogens (tertiary/aromatic N) is 1. The van der Waals surface area contributed by atoms with Crippen LogP contribution in [0.25, 0.3) is 0 Å². The van der Waals surface area contributed by atoms with E-state index >= 15 is 0 Å². The van der Waals surface area contributed by atoms with Crippen molar-refractivity contribution in [2.75, 3.05) is 26.2 Å². The predicted molar refractivity (Wildman–Crippen MR) is 107 cm³/mol. The van der Waals surface area contributed by atoms with Crippen LogP contribution >= 0.6 is 0 Å². The lowest BCUT2D eigenvalue weighted by Gasteiger charge is -2.17. The first kappa shape index (κ1) is 19.5. The fraction of sp³-hybridized carbons (Fsp3) is 0.478. The molecule has 0 aliphatic rings. The van der Waals surface area contributed by atoms with E-state index < -0.39 is 0 Å². The van der Waals surface area contributed by atoms with Crippen molar-refractivity contribution >= 4 is 0 Å². The highest BCUT2D eigenvalue weighted by Gasteiger charge is 2.04. The van der Waals surface area contributed by atoms with Gasteiger partial charge in [0.1, 0.15) is 5.75 Å². The molecule has 0 spiro atoms. The van der Waals surface area contributed by atoms with Gasteiger partial charge < -0.3 is 9.64 Å². The zero-order chi connectivity index (χ0) is 17.7. The molecule has 2 rings (SSSR count). The Morgan fingerprint density at radius 1 is 0.760 bits per heavy atom. The van der Waals surface area contributed by atoms with E-state index in [2.05, 4.69) is 73.3 Å². The van der Waals surface area contributed by atoms with Crippen LogP contribution in [0.4, 0.5) is 0 Å². The molecule has 0 atom stereocenters. The molecule has 0 radical (unpaired) electrons. The number of benzene rings is 2. The maximum Gasteiger partial charge on any atom is 0.122 e. The van der Waals surface area contributed by atoms with Crippen molar-refractivity contribution in [2.24, 2.45) is 0 Å². The van der Waals surface area contributed by atoms with Gasteiger partial charge in [0.25, 0.3) is 0 Å². The summed E-state index contributed by atoms with van der Waals surface area (Å²) in [4.78, 5) is 2.49. The van der Waals surface area contributed by atoms with E-state index in [-0.39, 0.29) is 0 Å². The Bertz CT molecular complexity index is 578. The first-order chi connectivity index (χ1) is 12.3. The molecule has 0 aliphatic heterocycles. The van der Waals surface area contributed by atoms with E-state index in [1.54, 1.807) is 0 Å². The van der Waals surface area contributed by atoms with Crippen LogP contribution in [0.3, 0.4) is 0 Å². The van der Waals surface area contributed by atoms with Gasteiger partial charge in [0.05, 0.1) is 6.61 Å². The molecule has 2 aromatic carbocycles. The minimum Gasteiger partial charge on any atom is -0.493 e. The topological polar surface area (TPSA) is 12.5 Å². The molecule has 0 heterocycles. The highest BCUT2D eigenvalue weighted by molar-refractivity contribution is 5.34. The summed E-state index contributed by atoms with van der Waals surface area (Å²) in [5, 5.41) is 0. The molecule has 2 aromatic rings. The molecule has 0 saturated carbocycles. The molecular weight excluding hydrogens is 306 g/mol. The Hall–Kier alpha value is -1.80. The summed E-state index contributed by atoms with van der Waals surface area (Å²) in [6, 6.07) is 19.2. The van der Waals surface area contributed by atoms with Gasteiger partial charge in [-0.1, -0.05) is 62.4 Å². The standard InChI is InChI=1S/C23H33NO/c1-3-24(4-2)19-11-6-12-20-25-23-16-10-9-15-22(23)18-17-21-13-7-5-8-14-21/h5,7-10,13-16H,3-4,6,11-12,17-20H2,1-2H3. The summed E-state index contributed by atoms with van der Waals surface area (Å²) in [5.74, 6) is 1.06. The summed E-state index contributed by atoms with van der Waals surface area (Å²) < 4.78 is 6.07. The monoisotopic (exact) mass is 339 g/mol. The van der Waals surface area contributed by atoms with E-state index in [1.807, 2.05) is 0 Å². The molecule has 0 aromatic heterocycles. The van der Waals surface area contributed by atoms with Crippen molar-refractivity contribution in [3.05, 3.63) is 65.7 Å². The molecule has 0 bridgehead atoms. The van der Waals surface area contributed by atoms with Gasteiger partial charge in [0.15, 0.2) is 0 Å². The highest BCUT2D eigenvalue weighted by atomic mass is 16.5. The first-order valence-corrected chi connectivity index (χ1v) is 9.80. The number of hydrogen-bond donors (Lipinski definition) is 0. The molecule has 0 N–H and O–H groups in total. The lowest BCUT2D eigenvalue weighted by Crippen LogP contribution is -2.23. The average Bonchev–Trinajstić information content (AvgIpc) is 2.67. The SMILES string of the molecule is CCN(CC)CCCCCOc1ccccc1CCc1ccccc1. The number of para-hydroxylation sites is 1. The first-order valence-electron chi connectivity index (χ1n) is 9.80. The van der Waals surface area contributed by atoms with Crippen molar-refractivity contribution in [2.45, 2.75) is 46.0 Å². The smallest absolute Gasteiger partial charge is 0.122 e. The molecule has 136 valence electrons. The minimum absolute atomic E-state index is 0.820. The quantitative estimate of drug-likeness (QED) is 0.482. The molecule has 0 amide bonds. The Kier molecular flexibility index (Phi) is 9.14. The number of hydrogen-bond acceptors (Lipinski definition) is 2.